The van der Waals surface area contributed by atoms with Crippen LogP contribution in [0.2, 0.25) is 0 Å². The summed E-state index contributed by atoms with van der Waals surface area (Å²) in [5, 5.41) is 9.68. The second-order valence-electron chi connectivity index (χ2n) is 8.56. The number of hydrogen-bond donors (Lipinski definition) is 0. The highest BCUT2D eigenvalue weighted by molar-refractivity contribution is 7.28. The van der Waals surface area contributed by atoms with Crippen molar-refractivity contribution in [1.29, 1.82) is 0 Å². The topological polar surface area (TPSA) is 117 Å². The van der Waals surface area contributed by atoms with E-state index < -0.39 is 0 Å². The predicted molar refractivity (Wildman–Crippen MR) is 130 cm³/mol. The summed E-state index contributed by atoms with van der Waals surface area (Å²) in [6, 6.07) is 2.43. The van der Waals surface area contributed by atoms with Crippen LogP contribution < -0.4 is 19.7 Å². The van der Waals surface area contributed by atoms with E-state index in [1.807, 2.05) is 27.0 Å². The molecule has 0 aliphatic carbocycles. The van der Waals surface area contributed by atoms with Crippen molar-refractivity contribution in [1.82, 2.24) is 34.9 Å². The smallest absolute Gasteiger partial charge is 0.324 e. The first kappa shape index (κ1) is 22.5. The predicted octanol–water partition coefficient (Wildman–Crippen LogP) is 2.49. The number of piperidine rings is 1. The van der Waals surface area contributed by atoms with Crippen LogP contribution in [0, 0.1) is 0 Å². The van der Waals surface area contributed by atoms with E-state index in [0.29, 0.717) is 28.8 Å². The van der Waals surface area contributed by atoms with Crippen LogP contribution in [0.5, 0.6) is 11.8 Å². The van der Waals surface area contributed by atoms with Gasteiger partial charge in [0.05, 0.1) is 12.8 Å². The third kappa shape index (κ3) is 4.16. The molecular formula is C22H27N8O3P. The molecule has 0 saturated carbocycles. The first-order valence-electron chi connectivity index (χ1n) is 11.2. The van der Waals surface area contributed by atoms with Gasteiger partial charge in [0.1, 0.15) is 17.9 Å². The molecule has 4 aromatic rings. The summed E-state index contributed by atoms with van der Waals surface area (Å²) in [5.41, 5.74) is 3.08. The zero-order valence-corrected chi connectivity index (χ0v) is 20.7. The fraction of sp³-hybridized carbons (Fsp3) is 0.455. The quantitative estimate of drug-likeness (QED) is 0.379. The van der Waals surface area contributed by atoms with Gasteiger partial charge in [0.15, 0.2) is 11.3 Å². The average molecular weight is 482 g/mol. The molecule has 0 bridgehead atoms. The zero-order valence-electron chi connectivity index (χ0n) is 19.6. The molecule has 0 radical (unpaired) electrons. The van der Waals surface area contributed by atoms with Crippen molar-refractivity contribution in [3.05, 3.63) is 24.4 Å². The third-order valence-corrected chi connectivity index (χ3v) is 6.38. The zero-order chi connectivity index (χ0) is 23.8. The minimum Gasteiger partial charge on any atom is -0.481 e. The summed E-state index contributed by atoms with van der Waals surface area (Å²) in [6.45, 7) is 5.62. The number of anilines is 1. The molecular weight excluding hydrogens is 455 g/mol. The third-order valence-electron chi connectivity index (χ3n) is 5.90. The van der Waals surface area contributed by atoms with E-state index in [9.17, 15) is 0 Å². The van der Waals surface area contributed by atoms with Crippen LogP contribution in [-0.2, 0) is 7.05 Å². The Morgan fingerprint density at radius 3 is 2.62 bits per heavy atom. The highest BCUT2D eigenvalue weighted by Gasteiger charge is 2.27. The first-order valence-corrected chi connectivity index (χ1v) is 11.7. The maximum Gasteiger partial charge on any atom is 0.324 e. The molecule has 34 heavy (non-hydrogen) atoms. The van der Waals surface area contributed by atoms with E-state index in [1.165, 1.54) is 6.33 Å². The van der Waals surface area contributed by atoms with Crippen molar-refractivity contribution < 1.29 is 14.0 Å². The molecule has 4 aromatic heterocycles. The SMILES string of the molecule is COc1cc(P)c(-c2c3ncnc(OC4CCN(c5nc(C(C)C)no5)CC4)c3nn2C)cn1. The van der Waals surface area contributed by atoms with Gasteiger partial charge in [-0.3, -0.25) is 4.68 Å². The van der Waals surface area contributed by atoms with Gasteiger partial charge in [-0.2, -0.15) is 15.1 Å². The second-order valence-corrected chi connectivity index (χ2v) is 9.18. The molecule has 1 atom stereocenters. The van der Waals surface area contributed by atoms with Crippen molar-refractivity contribution >= 4 is 31.6 Å². The Hall–Kier alpha value is -3.33. The van der Waals surface area contributed by atoms with Crippen molar-refractivity contribution in [3.63, 3.8) is 0 Å². The Bertz CT molecular complexity index is 1310. The van der Waals surface area contributed by atoms with E-state index >= 15 is 0 Å². The average Bonchev–Trinajstić information content (AvgIpc) is 3.45. The van der Waals surface area contributed by atoms with E-state index in [4.69, 9.17) is 14.0 Å². The maximum atomic E-state index is 6.31. The molecule has 1 aliphatic heterocycles. The molecule has 1 fully saturated rings. The van der Waals surface area contributed by atoms with Gasteiger partial charge in [-0.15, -0.1) is 9.24 Å². The minimum absolute atomic E-state index is 0.00671. The lowest BCUT2D eigenvalue weighted by atomic mass is 10.1. The summed E-state index contributed by atoms with van der Waals surface area (Å²) in [7, 11) is 6.19. The second kappa shape index (κ2) is 9.13. The molecule has 5 heterocycles. The summed E-state index contributed by atoms with van der Waals surface area (Å²) in [5.74, 6) is 1.99. The van der Waals surface area contributed by atoms with E-state index in [-0.39, 0.29) is 12.0 Å². The fourth-order valence-electron chi connectivity index (χ4n) is 4.04. The summed E-state index contributed by atoms with van der Waals surface area (Å²) in [4.78, 5) is 19.9. The number of nitrogens with zero attached hydrogens (tertiary/aromatic N) is 8. The lowest BCUT2D eigenvalue weighted by Crippen LogP contribution is -2.38. The number of methoxy groups -OCH3 is 1. The van der Waals surface area contributed by atoms with Crippen LogP contribution in [-0.4, -0.2) is 61.2 Å². The number of ether oxygens (including phenoxy) is 2. The minimum atomic E-state index is 0.00671. The van der Waals surface area contributed by atoms with Gasteiger partial charge in [0.25, 0.3) is 0 Å². The normalized spacial score (nSPS) is 14.8. The Balaban J connectivity index is 1.35. The van der Waals surface area contributed by atoms with Crippen LogP contribution >= 0.6 is 9.24 Å². The lowest BCUT2D eigenvalue weighted by Gasteiger charge is -2.30. The van der Waals surface area contributed by atoms with Crippen LogP contribution in [0.4, 0.5) is 6.01 Å². The molecule has 178 valence electrons. The van der Waals surface area contributed by atoms with Gasteiger partial charge in [0, 0.05) is 56.7 Å². The van der Waals surface area contributed by atoms with Crippen LogP contribution in [0.15, 0.2) is 23.1 Å². The Kier molecular flexibility index (Phi) is 6.03. The Morgan fingerprint density at radius 2 is 1.94 bits per heavy atom. The molecule has 1 saturated heterocycles. The lowest BCUT2D eigenvalue weighted by molar-refractivity contribution is 0.163. The van der Waals surface area contributed by atoms with Crippen molar-refractivity contribution in [2.24, 2.45) is 7.05 Å². The Morgan fingerprint density at radius 1 is 1.15 bits per heavy atom. The fourth-order valence-corrected chi connectivity index (χ4v) is 4.39. The standard InChI is InChI=1S/C22H27N8O3P/c1-12(2)20-26-22(33-28-20)30-7-5-13(6-8-30)32-21-18-17(24-11-25-21)19(29(3)27-18)14-10-23-16(31-4)9-15(14)34/h9-13H,5-8,34H2,1-4H3. The van der Waals surface area contributed by atoms with Gasteiger partial charge < -0.3 is 18.9 Å². The maximum absolute atomic E-state index is 6.31. The van der Waals surface area contributed by atoms with Crippen molar-refractivity contribution in [2.75, 3.05) is 25.1 Å². The molecule has 1 aliphatic rings. The molecule has 0 aromatic carbocycles. The molecule has 11 nitrogen and oxygen atoms in total. The molecule has 0 spiro atoms. The number of rotatable bonds is 6. The van der Waals surface area contributed by atoms with E-state index in [1.54, 1.807) is 18.0 Å². The monoisotopic (exact) mass is 482 g/mol. The first-order chi connectivity index (χ1) is 16.4. The molecule has 0 N–H and O–H groups in total. The van der Waals surface area contributed by atoms with E-state index in [0.717, 1.165) is 48.3 Å². The summed E-state index contributed by atoms with van der Waals surface area (Å²) in [6.07, 6.45) is 4.90. The van der Waals surface area contributed by atoms with Crippen LogP contribution in [0.3, 0.4) is 0 Å². The highest BCUT2D eigenvalue weighted by atomic mass is 31.0. The molecule has 12 heteroatoms. The van der Waals surface area contributed by atoms with E-state index in [2.05, 4.69) is 44.3 Å². The van der Waals surface area contributed by atoms with Gasteiger partial charge in [-0.1, -0.05) is 19.0 Å². The molecule has 5 rings (SSSR count). The van der Waals surface area contributed by atoms with Crippen LogP contribution in [0.25, 0.3) is 22.3 Å². The van der Waals surface area contributed by atoms with Gasteiger partial charge >= 0.3 is 6.01 Å². The molecule has 0 amide bonds. The van der Waals surface area contributed by atoms with Gasteiger partial charge in [0.2, 0.25) is 11.8 Å². The summed E-state index contributed by atoms with van der Waals surface area (Å²) >= 11 is 0. The highest BCUT2D eigenvalue weighted by Crippen LogP contribution is 2.32. The van der Waals surface area contributed by atoms with Gasteiger partial charge in [-0.05, 0) is 5.30 Å². The van der Waals surface area contributed by atoms with Crippen molar-refractivity contribution in [3.8, 4) is 23.0 Å². The molecule has 1 unspecified atom stereocenters. The van der Waals surface area contributed by atoms with Gasteiger partial charge in [-0.25, -0.2) is 9.97 Å². The number of hydrogen-bond acceptors (Lipinski definition) is 10. The van der Waals surface area contributed by atoms with Crippen molar-refractivity contribution in [2.45, 2.75) is 38.7 Å². The largest absolute Gasteiger partial charge is 0.481 e. The summed E-state index contributed by atoms with van der Waals surface area (Å²) < 4.78 is 18.8. The van der Waals surface area contributed by atoms with Crippen LogP contribution in [0.1, 0.15) is 38.4 Å². The number of fused-ring (bicyclic) bond motifs is 1. The number of pyridine rings is 1. The number of aryl methyl sites for hydroxylation is 1. The Labute approximate surface area is 199 Å². The number of aromatic nitrogens is 7.